The lowest BCUT2D eigenvalue weighted by Crippen LogP contribution is -2.27. The second-order valence-electron chi connectivity index (χ2n) is 5.40. The van der Waals surface area contributed by atoms with Crippen LogP contribution < -0.4 is 15.8 Å². The lowest BCUT2D eigenvalue weighted by Gasteiger charge is -2.07. The minimum absolute atomic E-state index is 0.0828. The molecule has 0 saturated carbocycles. The number of nitrogens with one attached hydrogen (secondary N) is 2. The number of aromatic nitrogens is 2. The Morgan fingerprint density at radius 1 is 1.15 bits per heavy atom. The molecule has 0 unspecified atom stereocenters. The van der Waals surface area contributed by atoms with Gasteiger partial charge in [0.25, 0.3) is 5.91 Å². The van der Waals surface area contributed by atoms with Gasteiger partial charge in [-0.2, -0.15) is 0 Å². The van der Waals surface area contributed by atoms with Gasteiger partial charge in [0.15, 0.2) is 0 Å². The van der Waals surface area contributed by atoms with E-state index in [0.717, 1.165) is 5.56 Å². The van der Waals surface area contributed by atoms with Gasteiger partial charge >= 0.3 is 0 Å². The normalized spacial score (nSPS) is 11.2. The van der Waals surface area contributed by atoms with Crippen LogP contribution in [-0.4, -0.2) is 51.1 Å². The number of carbonyl (C=O) groups excluding carboxylic acids is 1. The van der Waals surface area contributed by atoms with Crippen molar-refractivity contribution >= 4 is 21.7 Å². The summed E-state index contributed by atoms with van der Waals surface area (Å²) >= 11 is 0. The molecule has 10 heteroatoms. The second kappa shape index (κ2) is 9.22. The fourth-order valence-corrected chi connectivity index (χ4v) is 2.59. The van der Waals surface area contributed by atoms with Gasteiger partial charge in [0, 0.05) is 20.2 Å². The first-order valence-corrected chi connectivity index (χ1v) is 9.39. The number of hydrogen-bond acceptors (Lipinski definition) is 7. The van der Waals surface area contributed by atoms with Gasteiger partial charge in [-0.15, -0.1) is 0 Å². The van der Waals surface area contributed by atoms with Crippen LogP contribution >= 0.6 is 0 Å². The number of carbonyl (C=O) groups is 1. The Kier molecular flexibility index (Phi) is 7.01. The molecule has 0 aliphatic carbocycles. The SMILES string of the molecule is COCCNC(=O)c1cnc(NCCc2ccc(S(N)(=O)=O)cc2)cn1. The molecule has 1 heterocycles. The molecular formula is C16H21N5O4S. The summed E-state index contributed by atoms with van der Waals surface area (Å²) in [5.41, 5.74) is 1.18. The highest BCUT2D eigenvalue weighted by Gasteiger charge is 2.08. The third-order valence-electron chi connectivity index (χ3n) is 3.45. The molecule has 0 spiro atoms. The zero-order chi connectivity index (χ0) is 19.0. The Balaban J connectivity index is 1.82. The molecule has 1 aromatic heterocycles. The molecule has 2 aromatic rings. The highest BCUT2D eigenvalue weighted by molar-refractivity contribution is 7.89. The first-order valence-electron chi connectivity index (χ1n) is 7.85. The Bertz CT molecular complexity index is 823. The van der Waals surface area contributed by atoms with Crippen molar-refractivity contribution in [1.29, 1.82) is 0 Å². The molecule has 0 atom stereocenters. The number of ether oxygens (including phenoxy) is 1. The van der Waals surface area contributed by atoms with Crippen LogP contribution in [0.1, 0.15) is 16.1 Å². The van der Waals surface area contributed by atoms with Crippen LogP contribution in [0.15, 0.2) is 41.6 Å². The molecule has 0 bridgehead atoms. The molecule has 0 fully saturated rings. The van der Waals surface area contributed by atoms with Gasteiger partial charge in [0.1, 0.15) is 11.5 Å². The predicted molar refractivity (Wildman–Crippen MR) is 96.3 cm³/mol. The molecule has 1 amide bonds. The maximum Gasteiger partial charge on any atom is 0.271 e. The molecule has 0 aliphatic rings. The van der Waals surface area contributed by atoms with Crippen LogP contribution in [0, 0.1) is 0 Å². The number of methoxy groups -OCH3 is 1. The second-order valence-corrected chi connectivity index (χ2v) is 6.96. The maximum atomic E-state index is 11.8. The average Bonchev–Trinajstić information content (AvgIpc) is 2.62. The summed E-state index contributed by atoms with van der Waals surface area (Å²) in [6.07, 6.45) is 3.53. The smallest absolute Gasteiger partial charge is 0.271 e. The quantitative estimate of drug-likeness (QED) is 0.528. The van der Waals surface area contributed by atoms with E-state index in [2.05, 4.69) is 20.6 Å². The maximum absolute atomic E-state index is 11.8. The van der Waals surface area contributed by atoms with Crippen molar-refractivity contribution in [3.05, 3.63) is 47.9 Å². The minimum Gasteiger partial charge on any atom is -0.383 e. The lowest BCUT2D eigenvalue weighted by molar-refractivity contribution is 0.0931. The lowest BCUT2D eigenvalue weighted by atomic mass is 10.1. The number of primary sulfonamides is 1. The van der Waals surface area contributed by atoms with E-state index in [1.807, 2.05) is 0 Å². The number of anilines is 1. The minimum atomic E-state index is -3.68. The van der Waals surface area contributed by atoms with Crippen LogP contribution in [0.3, 0.4) is 0 Å². The van der Waals surface area contributed by atoms with Crippen molar-refractivity contribution in [2.45, 2.75) is 11.3 Å². The van der Waals surface area contributed by atoms with Gasteiger partial charge in [-0.05, 0) is 24.1 Å². The summed E-state index contributed by atoms with van der Waals surface area (Å²) < 4.78 is 27.3. The van der Waals surface area contributed by atoms with Crippen molar-refractivity contribution in [2.24, 2.45) is 5.14 Å². The van der Waals surface area contributed by atoms with E-state index in [9.17, 15) is 13.2 Å². The fraction of sp³-hybridized carbons (Fsp3) is 0.312. The number of nitrogens with two attached hydrogens (primary N) is 1. The van der Waals surface area contributed by atoms with Crippen molar-refractivity contribution in [1.82, 2.24) is 15.3 Å². The summed E-state index contributed by atoms with van der Waals surface area (Å²) in [4.78, 5) is 20.1. The molecule has 9 nitrogen and oxygen atoms in total. The van der Waals surface area contributed by atoms with Gasteiger partial charge in [0.05, 0.1) is 23.9 Å². The molecular weight excluding hydrogens is 358 g/mol. The molecule has 1 aromatic carbocycles. The van der Waals surface area contributed by atoms with Crippen molar-refractivity contribution < 1.29 is 17.9 Å². The van der Waals surface area contributed by atoms with Gasteiger partial charge in [-0.1, -0.05) is 12.1 Å². The Hall–Kier alpha value is -2.56. The van der Waals surface area contributed by atoms with Crippen LogP contribution in [0.25, 0.3) is 0 Å². The third-order valence-corrected chi connectivity index (χ3v) is 4.38. The van der Waals surface area contributed by atoms with Gasteiger partial charge < -0.3 is 15.4 Å². The Labute approximate surface area is 152 Å². The zero-order valence-corrected chi connectivity index (χ0v) is 15.1. The molecule has 0 saturated heterocycles. The summed E-state index contributed by atoms with van der Waals surface area (Å²) in [6, 6.07) is 6.37. The third kappa shape index (κ3) is 6.06. The summed E-state index contributed by atoms with van der Waals surface area (Å²) in [5, 5.41) is 10.8. The van der Waals surface area contributed by atoms with E-state index in [4.69, 9.17) is 9.88 Å². The molecule has 140 valence electrons. The van der Waals surface area contributed by atoms with Crippen LogP contribution in [0.2, 0.25) is 0 Å². The number of rotatable bonds is 9. The number of hydrogen-bond donors (Lipinski definition) is 3. The first kappa shape index (κ1) is 19.8. The van der Waals surface area contributed by atoms with Gasteiger partial charge in [-0.3, -0.25) is 4.79 Å². The highest BCUT2D eigenvalue weighted by Crippen LogP contribution is 2.09. The van der Waals surface area contributed by atoms with Crippen LogP contribution in [-0.2, 0) is 21.2 Å². The van der Waals surface area contributed by atoms with E-state index >= 15 is 0 Å². The number of amides is 1. The standard InChI is InChI=1S/C16H21N5O4S/c1-25-9-8-19-16(22)14-10-21-15(11-20-14)18-7-6-12-2-4-13(5-3-12)26(17,23)24/h2-5,10-11H,6-9H2,1H3,(H,18,21)(H,19,22)(H2,17,23,24). The fourth-order valence-electron chi connectivity index (χ4n) is 2.07. The molecule has 4 N–H and O–H groups in total. The van der Waals surface area contributed by atoms with Crippen LogP contribution in [0.4, 0.5) is 5.82 Å². The summed E-state index contributed by atoms with van der Waals surface area (Å²) in [6.45, 7) is 1.40. The monoisotopic (exact) mass is 379 g/mol. The van der Waals surface area contributed by atoms with E-state index in [-0.39, 0.29) is 16.5 Å². The van der Waals surface area contributed by atoms with E-state index < -0.39 is 10.0 Å². The molecule has 26 heavy (non-hydrogen) atoms. The zero-order valence-electron chi connectivity index (χ0n) is 14.3. The van der Waals surface area contributed by atoms with Crippen molar-refractivity contribution in [2.75, 3.05) is 32.1 Å². The molecule has 0 aliphatic heterocycles. The molecule has 2 rings (SSSR count). The first-order chi connectivity index (χ1) is 12.4. The van der Waals surface area contributed by atoms with Gasteiger partial charge in [0.2, 0.25) is 10.0 Å². The Morgan fingerprint density at radius 2 is 1.88 bits per heavy atom. The average molecular weight is 379 g/mol. The van der Waals surface area contributed by atoms with E-state index in [1.165, 1.54) is 24.5 Å². The number of nitrogens with zero attached hydrogens (tertiary/aromatic N) is 2. The van der Waals surface area contributed by atoms with Gasteiger partial charge in [-0.25, -0.2) is 23.5 Å². The largest absolute Gasteiger partial charge is 0.383 e. The van der Waals surface area contributed by atoms with E-state index in [1.54, 1.807) is 19.2 Å². The number of sulfonamides is 1. The summed E-state index contributed by atoms with van der Waals surface area (Å²) in [7, 11) is -2.12. The van der Waals surface area contributed by atoms with Crippen molar-refractivity contribution in [3.63, 3.8) is 0 Å². The van der Waals surface area contributed by atoms with Crippen LogP contribution in [0.5, 0.6) is 0 Å². The topological polar surface area (TPSA) is 136 Å². The summed E-state index contributed by atoms with van der Waals surface area (Å²) in [5.74, 6) is 0.232. The highest BCUT2D eigenvalue weighted by atomic mass is 32.2. The van der Waals surface area contributed by atoms with Crippen molar-refractivity contribution in [3.8, 4) is 0 Å². The predicted octanol–water partition coefficient (Wildman–Crippen LogP) is 0.155. The molecule has 0 radical (unpaired) electrons. The number of benzene rings is 1. The van der Waals surface area contributed by atoms with E-state index in [0.29, 0.717) is 31.9 Å². The Morgan fingerprint density at radius 3 is 2.46 bits per heavy atom.